The molecule has 0 radical (unpaired) electrons. The highest BCUT2D eigenvalue weighted by Crippen LogP contribution is 2.57. The second-order valence-electron chi connectivity index (χ2n) is 9.15. The molecule has 0 aromatic heterocycles. The predicted octanol–water partition coefficient (Wildman–Crippen LogP) is 6.84. The summed E-state index contributed by atoms with van der Waals surface area (Å²) in [6.07, 6.45) is 18.2. The average molecular weight is 291 g/mol. The Bertz CT molecular complexity index is 333. The standard InChI is InChI=1S/C21H38/c1-16-10-4-6-12-18(16)20-14-8-9-15-21(20,3)19-13-7-5-11-17(19)2/h16-20H,4-15H2,1-3H3/t16-,17+,18+,19-,20?,21?/m1/s1. The minimum absolute atomic E-state index is 0.675. The molecule has 3 fully saturated rings. The van der Waals surface area contributed by atoms with Crippen molar-refractivity contribution in [3.63, 3.8) is 0 Å². The van der Waals surface area contributed by atoms with Gasteiger partial charge in [-0.1, -0.05) is 72.1 Å². The molecular formula is C21H38. The highest BCUT2D eigenvalue weighted by Gasteiger charge is 2.48. The summed E-state index contributed by atoms with van der Waals surface area (Å²) in [7, 11) is 0. The summed E-state index contributed by atoms with van der Waals surface area (Å²) in [5, 5.41) is 0. The predicted molar refractivity (Wildman–Crippen MR) is 92.3 cm³/mol. The fourth-order valence-corrected chi connectivity index (χ4v) is 6.79. The highest BCUT2D eigenvalue weighted by atomic mass is 14.5. The summed E-state index contributed by atoms with van der Waals surface area (Å²) in [6, 6.07) is 0. The lowest BCUT2D eigenvalue weighted by atomic mass is 9.50. The molecule has 0 spiro atoms. The van der Waals surface area contributed by atoms with Gasteiger partial charge in [-0.3, -0.25) is 0 Å². The molecule has 0 aliphatic heterocycles. The SMILES string of the molecule is C[C@@H]1CCCC[C@@H]1C1CCCCC1(C)[C@@H]1CCCC[C@@H]1C. The third-order valence-corrected chi connectivity index (χ3v) is 7.98. The largest absolute Gasteiger partial charge is 0.0622 e. The molecule has 3 aliphatic carbocycles. The van der Waals surface area contributed by atoms with Gasteiger partial charge >= 0.3 is 0 Å². The Hall–Kier alpha value is 0. The fraction of sp³-hybridized carbons (Fsp3) is 1.00. The van der Waals surface area contributed by atoms with Gasteiger partial charge in [0.05, 0.1) is 0 Å². The quantitative estimate of drug-likeness (QED) is 0.522. The second kappa shape index (κ2) is 6.63. The highest BCUT2D eigenvalue weighted by molar-refractivity contribution is 4.98. The summed E-state index contributed by atoms with van der Waals surface area (Å²) in [4.78, 5) is 0. The Labute approximate surface area is 133 Å². The molecule has 0 heteroatoms. The first kappa shape index (κ1) is 15.9. The molecule has 21 heavy (non-hydrogen) atoms. The third-order valence-electron chi connectivity index (χ3n) is 7.98. The van der Waals surface area contributed by atoms with Gasteiger partial charge in [0.15, 0.2) is 0 Å². The Morgan fingerprint density at radius 2 is 1.19 bits per heavy atom. The van der Waals surface area contributed by atoms with Crippen LogP contribution in [0.25, 0.3) is 0 Å². The van der Waals surface area contributed by atoms with Crippen molar-refractivity contribution in [3.8, 4) is 0 Å². The van der Waals surface area contributed by atoms with Crippen LogP contribution < -0.4 is 0 Å². The molecule has 3 aliphatic rings. The maximum absolute atomic E-state index is 2.73. The Morgan fingerprint density at radius 3 is 1.90 bits per heavy atom. The minimum atomic E-state index is 0.675. The van der Waals surface area contributed by atoms with Crippen molar-refractivity contribution in [2.24, 2.45) is 35.0 Å². The third kappa shape index (κ3) is 3.06. The monoisotopic (exact) mass is 290 g/mol. The van der Waals surface area contributed by atoms with Crippen molar-refractivity contribution in [3.05, 3.63) is 0 Å². The summed E-state index contributed by atoms with van der Waals surface area (Å²) >= 11 is 0. The van der Waals surface area contributed by atoms with Crippen LogP contribution in [-0.4, -0.2) is 0 Å². The number of hydrogen-bond donors (Lipinski definition) is 0. The van der Waals surface area contributed by atoms with E-state index in [2.05, 4.69) is 20.8 Å². The molecule has 0 saturated heterocycles. The van der Waals surface area contributed by atoms with E-state index < -0.39 is 0 Å². The van der Waals surface area contributed by atoms with Gasteiger partial charge in [-0.05, 0) is 60.7 Å². The van der Waals surface area contributed by atoms with E-state index in [-0.39, 0.29) is 0 Å². The van der Waals surface area contributed by atoms with Gasteiger partial charge in [0.1, 0.15) is 0 Å². The first-order valence-corrected chi connectivity index (χ1v) is 10.1. The molecule has 0 aromatic rings. The van der Waals surface area contributed by atoms with Crippen LogP contribution >= 0.6 is 0 Å². The Balaban J connectivity index is 1.82. The van der Waals surface area contributed by atoms with Crippen LogP contribution in [0.2, 0.25) is 0 Å². The van der Waals surface area contributed by atoms with Gasteiger partial charge < -0.3 is 0 Å². The summed E-state index contributed by atoms with van der Waals surface area (Å²) in [6.45, 7) is 7.87. The molecule has 3 saturated carbocycles. The molecule has 0 amide bonds. The molecule has 122 valence electrons. The van der Waals surface area contributed by atoms with E-state index in [0.717, 1.165) is 29.6 Å². The minimum Gasteiger partial charge on any atom is -0.0622 e. The Kier molecular flexibility index (Phi) is 5.01. The van der Waals surface area contributed by atoms with Crippen LogP contribution in [0.5, 0.6) is 0 Å². The van der Waals surface area contributed by atoms with E-state index in [1.54, 1.807) is 12.8 Å². The lowest BCUT2D eigenvalue weighted by Crippen LogP contribution is -2.46. The zero-order valence-corrected chi connectivity index (χ0v) is 14.9. The topological polar surface area (TPSA) is 0 Å². The average Bonchev–Trinajstić information content (AvgIpc) is 2.49. The summed E-state index contributed by atoms with van der Waals surface area (Å²) < 4.78 is 0. The number of rotatable bonds is 2. The van der Waals surface area contributed by atoms with Crippen molar-refractivity contribution in [1.82, 2.24) is 0 Å². The van der Waals surface area contributed by atoms with Crippen LogP contribution in [0.3, 0.4) is 0 Å². The smallest absolute Gasteiger partial charge is 0.0264 e. The van der Waals surface area contributed by atoms with Gasteiger partial charge in [0.2, 0.25) is 0 Å². The van der Waals surface area contributed by atoms with E-state index in [0.29, 0.717) is 5.41 Å². The molecule has 3 rings (SSSR count). The van der Waals surface area contributed by atoms with Crippen molar-refractivity contribution in [2.45, 2.75) is 97.8 Å². The van der Waals surface area contributed by atoms with E-state index >= 15 is 0 Å². The second-order valence-corrected chi connectivity index (χ2v) is 9.15. The number of hydrogen-bond acceptors (Lipinski definition) is 0. The molecule has 0 heterocycles. The normalized spacial score (nSPS) is 49.0. The van der Waals surface area contributed by atoms with E-state index in [1.807, 2.05) is 0 Å². The van der Waals surface area contributed by atoms with E-state index in [9.17, 15) is 0 Å². The molecule has 2 unspecified atom stereocenters. The van der Waals surface area contributed by atoms with E-state index in [1.165, 1.54) is 64.2 Å². The first-order valence-electron chi connectivity index (χ1n) is 10.1. The molecule has 0 nitrogen and oxygen atoms in total. The zero-order valence-electron chi connectivity index (χ0n) is 14.9. The lowest BCUT2D eigenvalue weighted by molar-refractivity contribution is -0.0518. The van der Waals surface area contributed by atoms with Gasteiger partial charge in [-0.2, -0.15) is 0 Å². The van der Waals surface area contributed by atoms with Gasteiger partial charge in [-0.15, -0.1) is 0 Å². The van der Waals surface area contributed by atoms with Crippen molar-refractivity contribution in [2.75, 3.05) is 0 Å². The van der Waals surface area contributed by atoms with E-state index in [4.69, 9.17) is 0 Å². The maximum atomic E-state index is 2.73. The Morgan fingerprint density at radius 1 is 0.619 bits per heavy atom. The summed E-state index contributed by atoms with van der Waals surface area (Å²) in [5.41, 5.74) is 0.675. The van der Waals surface area contributed by atoms with Crippen LogP contribution in [0.4, 0.5) is 0 Å². The maximum Gasteiger partial charge on any atom is -0.0264 e. The molecule has 0 aromatic carbocycles. The van der Waals surface area contributed by atoms with Crippen molar-refractivity contribution in [1.29, 1.82) is 0 Å². The van der Waals surface area contributed by atoms with Gasteiger partial charge in [0.25, 0.3) is 0 Å². The lowest BCUT2D eigenvalue weighted by Gasteiger charge is -2.55. The van der Waals surface area contributed by atoms with Crippen molar-refractivity contribution >= 4 is 0 Å². The van der Waals surface area contributed by atoms with Crippen molar-refractivity contribution < 1.29 is 0 Å². The molecule has 0 bridgehead atoms. The molecule has 0 N–H and O–H groups in total. The first-order chi connectivity index (χ1) is 10.1. The van der Waals surface area contributed by atoms with Gasteiger partial charge in [-0.25, -0.2) is 0 Å². The van der Waals surface area contributed by atoms with Crippen LogP contribution in [-0.2, 0) is 0 Å². The van der Waals surface area contributed by atoms with Crippen LogP contribution in [0.15, 0.2) is 0 Å². The van der Waals surface area contributed by atoms with Crippen LogP contribution in [0, 0.1) is 35.0 Å². The fourth-order valence-electron chi connectivity index (χ4n) is 6.79. The van der Waals surface area contributed by atoms with Gasteiger partial charge in [0, 0.05) is 0 Å². The molecular weight excluding hydrogens is 252 g/mol. The summed E-state index contributed by atoms with van der Waals surface area (Å²) in [5.74, 6) is 5.12. The molecule has 6 atom stereocenters. The zero-order chi connectivity index (χ0) is 14.9. The van der Waals surface area contributed by atoms with Crippen LogP contribution in [0.1, 0.15) is 97.8 Å².